The van der Waals surface area contributed by atoms with Crippen LogP contribution in [0.4, 0.5) is 0 Å². The van der Waals surface area contributed by atoms with Crippen molar-refractivity contribution < 1.29 is 0 Å². The molecule has 2 nitrogen and oxygen atoms in total. The van der Waals surface area contributed by atoms with Crippen molar-refractivity contribution in [3.63, 3.8) is 0 Å². The minimum Gasteiger partial charge on any atom is -0.319 e. The number of rotatable bonds is 6. The van der Waals surface area contributed by atoms with Crippen molar-refractivity contribution in [3.8, 4) is 0 Å². The number of aliphatic imine (C=N–C) groups is 1. The second kappa shape index (κ2) is 7.98. The molecule has 0 fully saturated rings. The van der Waals surface area contributed by atoms with Gasteiger partial charge in [0.25, 0.3) is 0 Å². The highest BCUT2D eigenvalue weighted by atomic mass is 127. The first-order chi connectivity index (χ1) is 5.76. The molecule has 0 spiro atoms. The molecule has 0 radical (unpaired) electrons. The Morgan fingerprint density at radius 2 is 2.25 bits per heavy atom. The van der Waals surface area contributed by atoms with Gasteiger partial charge >= 0.3 is 0 Å². The summed E-state index contributed by atoms with van der Waals surface area (Å²) in [7, 11) is 1.99. The molecule has 0 aliphatic carbocycles. The topological polar surface area (TPSA) is 24.4 Å². The Labute approximate surface area is 89.4 Å². The van der Waals surface area contributed by atoms with E-state index in [1.807, 2.05) is 20.2 Å². The summed E-state index contributed by atoms with van der Waals surface area (Å²) >= 11 is 2.41. The number of hydrogen-bond acceptors (Lipinski definition) is 2. The van der Waals surface area contributed by atoms with E-state index in [1.165, 1.54) is 10.8 Å². The Hall–Kier alpha value is 0.360. The zero-order valence-electron chi connectivity index (χ0n) is 8.18. The monoisotopic (exact) mass is 282 g/mol. The number of nitrogens with zero attached hydrogens (tertiary/aromatic N) is 1. The second-order valence-electron chi connectivity index (χ2n) is 2.99. The highest BCUT2D eigenvalue weighted by Gasteiger charge is 2.13. The molecule has 0 saturated carbocycles. The van der Waals surface area contributed by atoms with Crippen LogP contribution in [0.5, 0.6) is 0 Å². The molecule has 2 unspecified atom stereocenters. The lowest BCUT2D eigenvalue weighted by Crippen LogP contribution is -2.26. The molecule has 0 aromatic carbocycles. The van der Waals surface area contributed by atoms with E-state index in [9.17, 15) is 0 Å². The minimum atomic E-state index is 0.499. The lowest BCUT2D eigenvalue weighted by atomic mass is 10.0. The van der Waals surface area contributed by atoms with Crippen LogP contribution in [0.2, 0.25) is 0 Å². The Morgan fingerprint density at radius 1 is 1.58 bits per heavy atom. The quantitative estimate of drug-likeness (QED) is 0.450. The first-order valence-electron chi connectivity index (χ1n) is 4.44. The Balaban J connectivity index is 3.89. The summed E-state index contributed by atoms with van der Waals surface area (Å²) in [5, 5.41) is 3.19. The zero-order valence-corrected chi connectivity index (χ0v) is 10.3. The fourth-order valence-electron chi connectivity index (χ4n) is 1.27. The number of alkyl halides is 1. The first kappa shape index (κ1) is 12.4. The van der Waals surface area contributed by atoms with Crippen LogP contribution in [0.15, 0.2) is 4.99 Å². The molecule has 0 aliphatic heterocycles. The van der Waals surface area contributed by atoms with Crippen LogP contribution in [-0.2, 0) is 0 Å². The molecule has 0 aromatic rings. The molecular weight excluding hydrogens is 263 g/mol. The zero-order chi connectivity index (χ0) is 9.40. The van der Waals surface area contributed by atoms with Crippen molar-refractivity contribution >= 4 is 28.8 Å². The summed E-state index contributed by atoms with van der Waals surface area (Å²) in [6, 6.07) is 0.499. The van der Waals surface area contributed by atoms with Crippen molar-refractivity contribution in [2.24, 2.45) is 10.9 Å². The van der Waals surface area contributed by atoms with Gasteiger partial charge in [0, 0.05) is 4.43 Å². The summed E-state index contributed by atoms with van der Waals surface area (Å²) in [5.41, 5.74) is 0. The highest BCUT2D eigenvalue weighted by molar-refractivity contribution is 14.1. The molecule has 72 valence electrons. The maximum atomic E-state index is 4.46. The van der Waals surface area contributed by atoms with Crippen molar-refractivity contribution in [3.05, 3.63) is 0 Å². The van der Waals surface area contributed by atoms with Crippen molar-refractivity contribution in [2.75, 3.05) is 18.0 Å². The molecule has 0 heterocycles. The van der Waals surface area contributed by atoms with Crippen LogP contribution >= 0.6 is 22.6 Å². The average Bonchev–Trinajstić information content (AvgIpc) is 2.04. The predicted molar refractivity (Wildman–Crippen MR) is 64.5 cm³/mol. The summed E-state index contributed by atoms with van der Waals surface area (Å²) in [6.07, 6.45) is 3.11. The van der Waals surface area contributed by atoms with Crippen LogP contribution in [0, 0.1) is 5.92 Å². The van der Waals surface area contributed by atoms with E-state index in [0.29, 0.717) is 12.0 Å². The lowest BCUT2D eigenvalue weighted by Gasteiger charge is -2.18. The molecule has 0 rings (SSSR count). The maximum Gasteiger partial charge on any atom is 0.0540 e. The minimum absolute atomic E-state index is 0.499. The molecule has 0 amide bonds. The smallest absolute Gasteiger partial charge is 0.0540 e. The molecule has 0 bridgehead atoms. The standard InChI is InChI=1S/C9H19IN2/c1-4-12-9(5-6-10)8(2)7-11-3/h4,8-9,11H,5-7H2,1-3H3. The fourth-order valence-corrected chi connectivity index (χ4v) is 1.91. The summed E-state index contributed by atoms with van der Waals surface area (Å²) in [5.74, 6) is 0.640. The van der Waals surface area contributed by atoms with Crippen molar-refractivity contribution in [1.29, 1.82) is 0 Å². The van der Waals surface area contributed by atoms with Crippen LogP contribution < -0.4 is 5.32 Å². The van der Waals surface area contributed by atoms with Gasteiger partial charge in [0.1, 0.15) is 0 Å². The van der Waals surface area contributed by atoms with Gasteiger partial charge in [0.05, 0.1) is 6.04 Å². The van der Waals surface area contributed by atoms with E-state index >= 15 is 0 Å². The number of halogens is 1. The normalized spacial score (nSPS) is 16.7. The molecule has 0 aliphatic rings. The summed E-state index contributed by atoms with van der Waals surface area (Å²) in [4.78, 5) is 4.46. The van der Waals surface area contributed by atoms with Gasteiger partial charge < -0.3 is 5.32 Å². The van der Waals surface area contributed by atoms with E-state index in [1.54, 1.807) is 0 Å². The van der Waals surface area contributed by atoms with Crippen LogP contribution in [0.25, 0.3) is 0 Å². The Kier molecular flexibility index (Phi) is 8.22. The summed E-state index contributed by atoms with van der Waals surface area (Å²) in [6.45, 7) is 5.30. The second-order valence-corrected chi connectivity index (χ2v) is 4.07. The van der Waals surface area contributed by atoms with Crippen molar-refractivity contribution in [1.82, 2.24) is 5.32 Å². The fraction of sp³-hybridized carbons (Fsp3) is 0.889. The Morgan fingerprint density at radius 3 is 2.67 bits per heavy atom. The van der Waals surface area contributed by atoms with Crippen LogP contribution in [0.3, 0.4) is 0 Å². The predicted octanol–water partition coefficient (Wildman–Crippen LogP) is 2.13. The molecule has 0 aromatic heterocycles. The van der Waals surface area contributed by atoms with Gasteiger partial charge in [-0.25, -0.2) is 0 Å². The third-order valence-electron chi connectivity index (χ3n) is 1.93. The molecule has 3 heteroatoms. The molecule has 0 saturated heterocycles. The highest BCUT2D eigenvalue weighted by Crippen LogP contribution is 2.11. The Bertz CT molecular complexity index is 126. The molecule has 2 atom stereocenters. The van der Waals surface area contributed by atoms with Gasteiger partial charge in [-0.15, -0.1) is 0 Å². The average molecular weight is 282 g/mol. The van der Waals surface area contributed by atoms with E-state index in [0.717, 1.165) is 6.54 Å². The SMILES string of the molecule is CC=NC(CCI)C(C)CNC. The first-order valence-corrected chi connectivity index (χ1v) is 5.97. The van der Waals surface area contributed by atoms with E-state index in [2.05, 4.69) is 39.8 Å². The molecule has 12 heavy (non-hydrogen) atoms. The van der Waals surface area contributed by atoms with Crippen LogP contribution in [-0.4, -0.2) is 30.3 Å². The van der Waals surface area contributed by atoms with Gasteiger partial charge in [-0.05, 0) is 39.1 Å². The summed E-state index contributed by atoms with van der Waals surface area (Å²) < 4.78 is 1.19. The third-order valence-corrected chi connectivity index (χ3v) is 2.55. The van der Waals surface area contributed by atoms with Crippen molar-refractivity contribution in [2.45, 2.75) is 26.3 Å². The molecule has 1 N–H and O–H groups in total. The van der Waals surface area contributed by atoms with E-state index < -0.39 is 0 Å². The van der Waals surface area contributed by atoms with Gasteiger partial charge in [-0.1, -0.05) is 29.5 Å². The lowest BCUT2D eigenvalue weighted by molar-refractivity contribution is 0.435. The van der Waals surface area contributed by atoms with E-state index in [-0.39, 0.29) is 0 Å². The van der Waals surface area contributed by atoms with Gasteiger partial charge in [-0.2, -0.15) is 0 Å². The van der Waals surface area contributed by atoms with E-state index in [4.69, 9.17) is 0 Å². The maximum absolute atomic E-state index is 4.46. The van der Waals surface area contributed by atoms with Gasteiger partial charge in [0.15, 0.2) is 0 Å². The third kappa shape index (κ3) is 5.09. The van der Waals surface area contributed by atoms with Gasteiger partial charge in [0.2, 0.25) is 0 Å². The van der Waals surface area contributed by atoms with Crippen LogP contribution in [0.1, 0.15) is 20.3 Å². The number of hydrogen-bond donors (Lipinski definition) is 1. The number of nitrogens with one attached hydrogen (secondary N) is 1. The largest absolute Gasteiger partial charge is 0.319 e. The van der Waals surface area contributed by atoms with Gasteiger partial charge in [-0.3, -0.25) is 4.99 Å². The molecular formula is C9H19IN2.